The summed E-state index contributed by atoms with van der Waals surface area (Å²) in [5.74, 6) is -1.29. The molecule has 0 N–H and O–H groups in total. The minimum atomic E-state index is -0.789. The number of esters is 2. The van der Waals surface area contributed by atoms with Crippen molar-refractivity contribution in [2.75, 3.05) is 7.11 Å². The Kier molecular flexibility index (Phi) is 7.01. The lowest BCUT2D eigenvalue weighted by molar-refractivity contribution is -0.218. The fraction of sp³-hybridized carbons (Fsp3) is 0.391. The van der Waals surface area contributed by atoms with Crippen LogP contribution in [0.15, 0.2) is 60.7 Å². The summed E-state index contributed by atoms with van der Waals surface area (Å²) in [5, 5.41) is 0. The molecule has 1 saturated heterocycles. The van der Waals surface area contributed by atoms with Crippen LogP contribution < -0.4 is 0 Å². The summed E-state index contributed by atoms with van der Waals surface area (Å²) in [6, 6.07) is 18.5. The highest BCUT2D eigenvalue weighted by molar-refractivity contribution is 5.89. The minimum absolute atomic E-state index is 0.329. The predicted octanol–water partition coefficient (Wildman–Crippen LogP) is 3.39. The molecule has 0 aliphatic carbocycles. The monoisotopic (exact) mass is 398 g/mol. The lowest BCUT2D eigenvalue weighted by Gasteiger charge is -2.43. The third-order valence-electron chi connectivity index (χ3n) is 5.11. The summed E-state index contributed by atoms with van der Waals surface area (Å²) in [4.78, 5) is 24.8. The van der Waals surface area contributed by atoms with Crippen molar-refractivity contribution in [3.63, 3.8) is 0 Å². The SMILES string of the molecule is COC(=O)C1O[C@@H](C)C(OC(=O)c2ccccc2)[C@@H](OCc2ccccc2)[C@H]1C. The normalized spacial score (nSPS) is 26.5. The van der Waals surface area contributed by atoms with Gasteiger partial charge in [-0.2, -0.15) is 0 Å². The molecule has 154 valence electrons. The van der Waals surface area contributed by atoms with Gasteiger partial charge in [0.25, 0.3) is 0 Å². The van der Waals surface area contributed by atoms with Gasteiger partial charge in [0, 0.05) is 5.92 Å². The molecule has 1 aliphatic heterocycles. The van der Waals surface area contributed by atoms with Crippen LogP contribution in [0.25, 0.3) is 0 Å². The highest BCUT2D eigenvalue weighted by Gasteiger charge is 2.48. The first-order chi connectivity index (χ1) is 14.0. The van der Waals surface area contributed by atoms with Gasteiger partial charge in [0.15, 0.2) is 12.2 Å². The van der Waals surface area contributed by atoms with Crippen LogP contribution in [0.3, 0.4) is 0 Å². The van der Waals surface area contributed by atoms with Crippen LogP contribution in [0.2, 0.25) is 0 Å². The maximum Gasteiger partial charge on any atom is 0.338 e. The van der Waals surface area contributed by atoms with Crippen molar-refractivity contribution < 1.29 is 28.5 Å². The third kappa shape index (κ3) is 5.02. The molecular weight excluding hydrogens is 372 g/mol. The molecule has 5 atom stereocenters. The number of hydrogen-bond acceptors (Lipinski definition) is 6. The molecule has 0 saturated carbocycles. The first kappa shape index (κ1) is 21.0. The summed E-state index contributed by atoms with van der Waals surface area (Å²) < 4.78 is 22.7. The van der Waals surface area contributed by atoms with Crippen molar-refractivity contribution in [3.05, 3.63) is 71.8 Å². The Bertz CT molecular complexity index is 807. The van der Waals surface area contributed by atoms with Gasteiger partial charge in [-0.15, -0.1) is 0 Å². The lowest BCUT2D eigenvalue weighted by atomic mass is 9.88. The molecule has 2 aromatic rings. The molecule has 29 heavy (non-hydrogen) atoms. The highest BCUT2D eigenvalue weighted by atomic mass is 16.6. The van der Waals surface area contributed by atoms with E-state index in [4.69, 9.17) is 18.9 Å². The molecule has 3 rings (SSSR count). The van der Waals surface area contributed by atoms with E-state index >= 15 is 0 Å². The van der Waals surface area contributed by atoms with Crippen LogP contribution in [0, 0.1) is 5.92 Å². The van der Waals surface area contributed by atoms with Gasteiger partial charge in [-0.3, -0.25) is 0 Å². The van der Waals surface area contributed by atoms with Gasteiger partial charge in [-0.05, 0) is 24.6 Å². The zero-order valence-electron chi connectivity index (χ0n) is 16.8. The summed E-state index contributed by atoms with van der Waals surface area (Å²) in [6.45, 7) is 3.94. The average molecular weight is 398 g/mol. The number of carbonyl (C=O) groups excluding carboxylic acids is 2. The molecule has 0 aromatic heterocycles. The Morgan fingerprint density at radius 2 is 1.55 bits per heavy atom. The van der Waals surface area contributed by atoms with Crippen molar-refractivity contribution in [2.24, 2.45) is 5.92 Å². The van der Waals surface area contributed by atoms with Gasteiger partial charge < -0.3 is 18.9 Å². The van der Waals surface area contributed by atoms with E-state index in [0.29, 0.717) is 12.2 Å². The molecule has 0 bridgehead atoms. The van der Waals surface area contributed by atoms with Crippen LogP contribution in [0.1, 0.15) is 29.8 Å². The quantitative estimate of drug-likeness (QED) is 0.695. The Balaban J connectivity index is 1.80. The molecule has 6 heteroatoms. The van der Waals surface area contributed by atoms with Crippen molar-refractivity contribution in [2.45, 2.75) is 44.9 Å². The third-order valence-corrected chi connectivity index (χ3v) is 5.11. The van der Waals surface area contributed by atoms with E-state index in [-0.39, 0.29) is 5.92 Å². The Morgan fingerprint density at radius 3 is 2.17 bits per heavy atom. The molecular formula is C23H26O6. The van der Waals surface area contributed by atoms with E-state index in [1.807, 2.05) is 43.3 Å². The summed E-state index contributed by atoms with van der Waals surface area (Å²) >= 11 is 0. The first-order valence-electron chi connectivity index (χ1n) is 9.66. The topological polar surface area (TPSA) is 71.1 Å². The molecule has 2 aromatic carbocycles. The minimum Gasteiger partial charge on any atom is -0.467 e. The van der Waals surface area contributed by atoms with Crippen LogP contribution in [-0.2, 0) is 30.3 Å². The molecule has 0 amide bonds. The van der Waals surface area contributed by atoms with E-state index in [0.717, 1.165) is 5.56 Å². The van der Waals surface area contributed by atoms with Crippen LogP contribution >= 0.6 is 0 Å². The summed E-state index contributed by atoms with van der Waals surface area (Å²) in [5.41, 5.74) is 1.44. The van der Waals surface area contributed by atoms with Crippen molar-refractivity contribution >= 4 is 11.9 Å². The second-order valence-corrected chi connectivity index (χ2v) is 7.14. The van der Waals surface area contributed by atoms with E-state index in [1.165, 1.54) is 7.11 Å². The van der Waals surface area contributed by atoms with Gasteiger partial charge in [-0.25, -0.2) is 9.59 Å². The van der Waals surface area contributed by atoms with Gasteiger partial charge in [0.05, 0.1) is 25.4 Å². The molecule has 1 aliphatic rings. The van der Waals surface area contributed by atoms with Gasteiger partial charge in [0.2, 0.25) is 0 Å². The number of ether oxygens (including phenoxy) is 4. The second-order valence-electron chi connectivity index (χ2n) is 7.14. The smallest absolute Gasteiger partial charge is 0.338 e. The van der Waals surface area contributed by atoms with Gasteiger partial charge in [-0.1, -0.05) is 55.5 Å². The van der Waals surface area contributed by atoms with E-state index in [2.05, 4.69) is 0 Å². The van der Waals surface area contributed by atoms with E-state index < -0.39 is 36.4 Å². The lowest BCUT2D eigenvalue weighted by Crippen LogP contribution is -2.57. The van der Waals surface area contributed by atoms with E-state index in [1.54, 1.807) is 31.2 Å². The molecule has 2 unspecified atom stereocenters. The highest BCUT2D eigenvalue weighted by Crippen LogP contribution is 2.32. The summed E-state index contributed by atoms with van der Waals surface area (Å²) in [6.07, 6.45) is -2.52. The van der Waals surface area contributed by atoms with Gasteiger partial charge >= 0.3 is 11.9 Å². The first-order valence-corrected chi connectivity index (χ1v) is 9.66. The van der Waals surface area contributed by atoms with Crippen LogP contribution in [-0.4, -0.2) is 43.5 Å². The number of carbonyl (C=O) groups is 2. The van der Waals surface area contributed by atoms with Crippen molar-refractivity contribution in [1.82, 2.24) is 0 Å². The Labute approximate surface area is 170 Å². The molecule has 1 fully saturated rings. The Hall–Kier alpha value is -2.70. The van der Waals surface area contributed by atoms with Crippen LogP contribution in [0.5, 0.6) is 0 Å². The molecule has 0 radical (unpaired) electrons. The van der Waals surface area contributed by atoms with E-state index in [9.17, 15) is 9.59 Å². The number of rotatable bonds is 6. The zero-order chi connectivity index (χ0) is 20.8. The largest absolute Gasteiger partial charge is 0.467 e. The van der Waals surface area contributed by atoms with Crippen molar-refractivity contribution in [1.29, 1.82) is 0 Å². The molecule has 6 nitrogen and oxygen atoms in total. The average Bonchev–Trinajstić information content (AvgIpc) is 2.76. The maximum absolute atomic E-state index is 12.6. The number of methoxy groups -OCH3 is 1. The second kappa shape index (κ2) is 9.67. The Morgan fingerprint density at radius 1 is 0.931 bits per heavy atom. The van der Waals surface area contributed by atoms with Crippen LogP contribution in [0.4, 0.5) is 0 Å². The van der Waals surface area contributed by atoms with Crippen molar-refractivity contribution in [3.8, 4) is 0 Å². The standard InChI is InChI=1S/C23H26O6/c1-15-19(27-14-17-10-6-4-7-11-17)21(16(2)28-20(15)23(25)26-3)29-22(24)18-12-8-5-9-13-18/h4-13,15-16,19-21H,14H2,1-3H3/t15-,16+,19+,20?,21?/m1/s1. The van der Waals surface area contributed by atoms with Gasteiger partial charge in [0.1, 0.15) is 6.10 Å². The fourth-order valence-electron chi connectivity index (χ4n) is 3.50. The number of benzene rings is 2. The molecule has 1 heterocycles. The zero-order valence-corrected chi connectivity index (χ0v) is 16.8. The number of hydrogen-bond donors (Lipinski definition) is 0. The predicted molar refractivity (Wildman–Crippen MR) is 106 cm³/mol. The maximum atomic E-state index is 12.6. The fourth-order valence-corrected chi connectivity index (χ4v) is 3.50. The molecule has 0 spiro atoms. The summed E-state index contributed by atoms with van der Waals surface area (Å²) in [7, 11) is 1.32.